The summed E-state index contributed by atoms with van der Waals surface area (Å²) in [6.07, 6.45) is 8.02. The van der Waals surface area contributed by atoms with Crippen molar-refractivity contribution in [1.29, 1.82) is 0 Å². The largest absolute Gasteiger partial charge is 0.383 e. The summed E-state index contributed by atoms with van der Waals surface area (Å²) in [7, 11) is 4.08. The van der Waals surface area contributed by atoms with Gasteiger partial charge in [-0.3, -0.25) is 4.90 Å². The van der Waals surface area contributed by atoms with Crippen molar-refractivity contribution in [1.82, 2.24) is 9.80 Å². The highest BCUT2D eigenvalue weighted by Gasteiger charge is 2.38. The number of aryl methyl sites for hydroxylation is 1. The Labute approximate surface area is 154 Å². The highest BCUT2D eigenvalue weighted by atomic mass is 16.5. The Balaban J connectivity index is 1.78. The number of hydrogen-bond acceptors (Lipinski definition) is 3. The predicted molar refractivity (Wildman–Crippen MR) is 105 cm³/mol. The van der Waals surface area contributed by atoms with E-state index in [4.69, 9.17) is 4.74 Å². The Bertz CT molecular complexity index is 513. The highest BCUT2D eigenvalue weighted by molar-refractivity contribution is 5.30. The molecule has 3 nitrogen and oxygen atoms in total. The van der Waals surface area contributed by atoms with Gasteiger partial charge in [0, 0.05) is 31.7 Å². The monoisotopic (exact) mass is 344 g/mol. The van der Waals surface area contributed by atoms with Gasteiger partial charge in [0.15, 0.2) is 0 Å². The first-order valence-corrected chi connectivity index (χ1v) is 10.1. The van der Waals surface area contributed by atoms with E-state index in [1.807, 2.05) is 7.11 Å². The van der Waals surface area contributed by atoms with Crippen LogP contribution in [0.3, 0.4) is 0 Å². The summed E-state index contributed by atoms with van der Waals surface area (Å²) in [5.41, 5.74) is 3.28. The summed E-state index contributed by atoms with van der Waals surface area (Å²) >= 11 is 0. The molecule has 0 unspecified atom stereocenters. The zero-order valence-electron chi connectivity index (χ0n) is 16.5. The fourth-order valence-electron chi connectivity index (χ4n) is 4.85. The fourth-order valence-corrected chi connectivity index (χ4v) is 4.85. The van der Waals surface area contributed by atoms with Crippen molar-refractivity contribution < 1.29 is 4.74 Å². The van der Waals surface area contributed by atoms with Crippen LogP contribution in [0, 0.1) is 6.92 Å². The van der Waals surface area contributed by atoms with E-state index in [1.165, 1.54) is 63.7 Å². The Kier molecular flexibility index (Phi) is 6.54. The molecule has 3 rings (SSSR count). The van der Waals surface area contributed by atoms with Gasteiger partial charge in [-0.15, -0.1) is 0 Å². The molecule has 0 N–H and O–H groups in total. The van der Waals surface area contributed by atoms with Crippen molar-refractivity contribution in [3.8, 4) is 0 Å². The van der Waals surface area contributed by atoms with Crippen molar-refractivity contribution in [2.45, 2.75) is 56.9 Å². The molecule has 0 amide bonds. The number of hydrogen-bond donors (Lipinski definition) is 0. The maximum Gasteiger partial charge on any atom is 0.0589 e. The average Bonchev–Trinajstić information content (AvgIpc) is 3.10. The molecule has 1 heterocycles. The smallest absolute Gasteiger partial charge is 0.0589 e. The quantitative estimate of drug-likeness (QED) is 0.747. The molecule has 2 fully saturated rings. The molecular formula is C22H36N2O. The molecular weight excluding hydrogens is 308 g/mol. The van der Waals surface area contributed by atoms with Gasteiger partial charge < -0.3 is 9.64 Å². The summed E-state index contributed by atoms with van der Waals surface area (Å²) in [5, 5.41) is 0. The lowest BCUT2D eigenvalue weighted by molar-refractivity contribution is 0.0669. The van der Waals surface area contributed by atoms with E-state index in [1.54, 1.807) is 5.56 Å². The van der Waals surface area contributed by atoms with Crippen molar-refractivity contribution in [3.05, 3.63) is 35.4 Å². The average molecular weight is 345 g/mol. The van der Waals surface area contributed by atoms with Crippen LogP contribution in [0.15, 0.2) is 24.3 Å². The van der Waals surface area contributed by atoms with Crippen molar-refractivity contribution >= 4 is 0 Å². The van der Waals surface area contributed by atoms with Gasteiger partial charge in [-0.1, -0.05) is 42.7 Å². The highest BCUT2D eigenvalue weighted by Crippen LogP contribution is 2.42. The minimum atomic E-state index is 0.352. The third-order valence-electron chi connectivity index (χ3n) is 6.52. The van der Waals surface area contributed by atoms with Crippen molar-refractivity contribution in [2.24, 2.45) is 0 Å². The zero-order chi connectivity index (χ0) is 17.7. The molecule has 1 aromatic carbocycles. The van der Waals surface area contributed by atoms with Gasteiger partial charge in [0.25, 0.3) is 0 Å². The van der Waals surface area contributed by atoms with Gasteiger partial charge in [-0.25, -0.2) is 0 Å². The molecule has 0 spiro atoms. The third kappa shape index (κ3) is 4.64. The molecule has 140 valence electrons. The van der Waals surface area contributed by atoms with E-state index in [9.17, 15) is 0 Å². The second-order valence-electron chi connectivity index (χ2n) is 8.35. The summed E-state index contributed by atoms with van der Waals surface area (Å²) in [5.74, 6) is 0. The van der Waals surface area contributed by atoms with Crippen LogP contribution in [0.5, 0.6) is 0 Å². The maximum atomic E-state index is 5.45. The first kappa shape index (κ1) is 18.9. The molecule has 1 saturated heterocycles. The number of benzene rings is 1. The summed E-state index contributed by atoms with van der Waals surface area (Å²) < 4.78 is 5.45. The van der Waals surface area contributed by atoms with Crippen LogP contribution in [0.1, 0.15) is 49.7 Å². The van der Waals surface area contributed by atoms with Gasteiger partial charge in [0.2, 0.25) is 0 Å². The molecule has 1 saturated carbocycles. The number of rotatable bonds is 7. The molecule has 0 atom stereocenters. The first-order valence-electron chi connectivity index (χ1n) is 10.1. The fraction of sp³-hybridized carbons (Fsp3) is 0.727. The molecule has 1 aliphatic carbocycles. The Morgan fingerprint density at radius 3 is 2.36 bits per heavy atom. The summed E-state index contributed by atoms with van der Waals surface area (Å²) in [4.78, 5) is 5.23. The molecule has 0 radical (unpaired) electrons. The third-order valence-corrected chi connectivity index (χ3v) is 6.52. The number of likely N-dealkylation sites (tertiary alicyclic amines) is 1. The topological polar surface area (TPSA) is 15.7 Å². The number of nitrogens with zero attached hydrogens (tertiary/aromatic N) is 2. The molecule has 0 bridgehead atoms. The van der Waals surface area contributed by atoms with E-state index >= 15 is 0 Å². The number of piperidine rings is 1. The van der Waals surface area contributed by atoms with Crippen molar-refractivity contribution in [2.75, 3.05) is 46.9 Å². The first-order chi connectivity index (χ1) is 12.1. The minimum absolute atomic E-state index is 0.352. The van der Waals surface area contributed by atoms with Crippen LogP contribution in [-0.2, 0) is 10.2 Å². The van der Waals surface area contributed by atoms with Crippen LogP contribution in [0.25, 0.3) is 0 Å². The molecule has 3 heteroatoms. The second kappa shape index (κ2) is 8.66. The van der Waals surface area contributed by atoms with Crippen LogP contribution in [-0.4, -0.2) is 62.8 Å². The van der Waals surface area contributed by atoms with Gasteiger partial charge >= 0.3 is 0 Å². The summed E-state index contributed by atoms with van der Waals surface area (Å²) in [6, 6.07) is 10.1. The van der Waals surface area contributed by atoms with Gasteiger partial charge in [-0.2, -0.15) is 0 Å². The van der Waals surface area contributed by atoms with Crippen molar-refractivity contribution in [3.63, 3.8) is 0 Å². The standard InChI is InChI=1S/C22H36N2O/c1-19-6-8-20(9-7-19)22(12-4-5-13-22)18-24(16-17-25-3)21-10-14-23(2)15-11-21/h6-9,21H,4-5,10-18H2,1-3H3. The van der Waals surface area contributed by atoms with E-state index in [0.29, 0.717) is 11.5 Å². The lowest BCUT2D eigenvalue weighted by atomic mass is 9.77. The van der Waals surface area contributed by atoms with E-state index in [0.717, 1.165) is 13.2 Å². The SMILES string of the molecule is COCCN(CC1(c2ccc(C)cc2)CCCC1)C1CCN(C)CC1. The summed E-state index contributed by atoms with van der Waals surface area (Å²) in [6.45, 7) is 7.76. The van der Waals surface area contributed by atoms with Gasteiger partial charge in [0.1, 0.15) is 0 Å². The van der Waals surface area contributed by atoms with Crippen LogP contribution < -0.4 is 0 Å². The predicted octanol–water partition coefficient (Wildman–Crippen LogP) is 3.85. The normalized spacial score (nSPS) is 21.9. The molecule has 25 heavy (non-hydrogen) atoms. The minimum Gasteiger partial charge on any atom is -0.383 e. The Morgan fingerprint density at radius 1 is 1.12 bits per heavy atom. The van der Waals surface area contributed by atoms with Crippen LogP contribution in [0.4, 0.5) is 0 Å². The number of ether oxygens (including phenoxy) is 1. The van der Waals surface area contributed by atoms with E-state index < -0.39 is 0 Å². The lowest BCUT2D eigenvalue weighted by Crippen LogP contribution is -2.49. The number of methoxy groups -OCH3 is 1. The zero-order valence-corrected chi connectivity index (χ0v) is 16.5. The Morgan fingerprint density at radius 2 is 1.76 bits per heavy atom. The van der Waals surface area contributed by atoms with E-state index in [2.05, 4.69) is 48.0 Å². The van der Waals surface area contributed by atoms with Crippen LogP contribution in [0.2, 0.25) is 0 Å². The molecule has 2 aliphatic rings. The second-order valence-corrected chi connectivity index (χ2v) is 8.35. The maximum absolute atomic E-state index is 5.45. The lowest BCUT2D eigenvalue weighted by Gasteiger charge is -2.42. The molecule has 1 aliphatic heterocycles. The molecule has 0 aromatic heterocycles. The molecule has 1 aromatic rings. The Hall–Kier alpha value is -0.900. The van der Waals surface area contributed by atoms with Crippen LogP contribution >= 0.6 is 0 Å². The van der Waals surface area contributed by atoms with Gasteiger partial charge in [0.05, 0.1) is 6.61 Å². The van der Waals surface area contributed by atoms with Gasteiger partial charge in [-0.05, 0) is 58.3 Å². The van der Waals surface area contributed by atoms with E-state index in [-0.39, 0.29) is 0 Å².